The van der Waals surface area contributed by atoms with Crippen LogP contribution in [0.5, 0.6) is 0 Å². The SMILES string of the molecule is O=C(Nc1ccc2occc2c1)C1CCCNC1. The highest BCUT2D eigenvalue weighted by molar-refractivity contribution is 5.95. The van der Waals surface area contributed by atoms with E-state index in [0.717, 1.165) is 42.6 Å². The molecular formula is C14H16N2O2. The average molecular weight is 244 g/mol. The zero-order chi connectivity index (χ0) is 12.4. The van der Waals surface area contributed by atoms with Gasteiger partial charge in [0.25, 0.3) is 0 Å². The van der Waals surface area contributed by atoms with Crippen LogP contribution >= 0.6 is 0 Å². The maximum Gasteiger partial charge on any atom is 0.228 e. The molecule has 1 aromatic heterocycles. The second-order valence-electron chi connectivity index (χ2n) is 4.71. The van der Waals surface area contributed by atoms with Crippen molar-refractivity contribution in [1.82, 2.24) is 5.32 Å². The molecule has 94 valence electrons. The van der Waals surface area contributed by atoms with Gasteiger partial charge in [0, 0.05) is 17.6 Å². The summed E-state index contributed by atoms with van der Waals surface area (Å²) < 4.78 is 5.27. The van der Waals surface area contributed by atoms with E-state index in [-0.39, 0.29) is 11.8 Å². The first-order valence-electron chi connectivity index (χ1n) is 6.32. The van der Waals surface area contributed by atoms with Gasteiger partial charge < -0.3 is 15.1 Å². The number of furan rings is 1. The maximum atomic E-state index is 12.1. The third-order valence-corrected chi connectivity index (χ3v) is 3.39. The maximum absolute atomic E-state index is 12.1. The lowest BCUT2D eigenvalue weighted by molar-refractivity contribution is -0.120. The van der Waals surface area contributed by atoms with Crippen LogP contribution in [0.25, 0.3) is 11.0 Å². The molecular weight excluding hydrogens is 228 g/mol. The third kappa shape index (κ3) is 2.24. The second kappa shape index (κ2) is 4.82. The molecule has 0 saturated carbocycles. The number of piperidine rings is 1. The largest absolute Gasteiger partial charge is 0.464 e. The molecule has 4 nitrogen and oxygen atoms in total. The molecule has 4 heteroatoms. The van der Waals surface area contributed by atoms with Crippen molar-refractivity contribution in [1.29, 1.82) is 0 Å². The van der Waals surface area contributed by atoms with Gasteiger partial charge in [0.2, 0.25) is 5.91 Å². The summed E-state index contributed by atoms with van der Waals surface area (Å²) in [5.41, 5.74) is 1.67. The van der Waals surface area contributed by atoms with E-state index in [2.05, 4.69) is 10.6 Å². The van der Waals surface area contributed by atoms with Crippen LogP contribution < -0.4 is 10.6 Å². The Morgan fingerprint density at radius 3 is 3.17 bits per heavy atom. The van der Waals surface area contributed by atoms with E-state index in [1.54, 1.807) is 6.26 Å². The summed E-state index contributed by atoms with van der Waals surface area (Å²) >= 11 is 0. The number of carbonyl (C=O) groups is 1. The molecule has 2 aromatic rings. The lowest BCUT2D eigenvalue weighted by Gasteiger charge is -2.21. The predicted molar refractivity (Wildman–Crippen MR) is 70.4 cm³/mol. The lowest BCUT2D eigenvalue weighted by atomic mass is 9.99. The molecule has 1 aliphatic heterocycles. The first-order valence-corrected chi connectivity index (χ1v) is 6.32. The first-order chi connectivity index (χ1) is 8.83. The van der Waals surface area contributed by atoms with Gasteiger partial charge in [-0.15, -0.1) is 0 Å². The van der Waals surface area contributed by atoms with E-state index >= 15 is 0 Å². The Balaban J connectivity index is 1.72. The Bertz CT molecular complexity index is 556. The zero-order valence-electron chi connectivity index (χ0n) is 10.1. The second-order valence-corrected chi connectivity index (χ2v) is 4.71. The van der Waals surface area contributed by atoms with Crippen molar-refractivity contribution in [3.05, 3.63) is 30.5 Å². The fraction of sp³-hybridized carbons (Fsp3) is 0.357. The number of anilines is 1. The number of rotatable bonds is 2. The normalized spacial score (nSPS) is 19.9. The molecule has 1 fully saturated rings. The Morgan fingerprint density at radius 2 is 2.33 bits per heavy atom. The first kappa shape index (κ1) is 11.3. The quantitative estimate of drug-likeness (QED) is 0.852. The minimum absolute atomic E-state index is 0.0822. The number of fused-ring (bicyclic) bond motifs is 1. The topological polar surface area (TPSA) is 54.3 Å². The van der Waals surface area contributed by atoms with Crippen LogP contribution in [0.3, 0.4) is 0 Å². The Labute approximate surface area is 105 Å². The summed E-state index contributed by atoms with van der Waals surface area (Å²) in [4.78, 5) is 12.1. The molecule has 0 spiro atoms. The van der Waals surface area contributed by atoms with Gasteiger partial charge >= 0.3 is 0 Å². The molecule has 1 unspecified atom stereocenters. The number of nitrogens with one attached hydrogen (secondary N) is 2. The summed E-state index contributed by atoms with van der Waals surface area (Å²) in [5.74, 6) is 0.184. The van der Waals surface area contributed by atoms with E-state index in [0.29, 0.717) is 0 Å². The number of amides is 1. The summed E-state index contributed by atoms with van der Waals surface area (Å²) in [6.45, 7) is 1.80. The highest BCUT2D eigenvalue weighted by atomic mass is 16.3. The van der Waals surface area contributed by atoms with Crippen molar-refractivity contribution in [3.63, 3.8) is 0 Å². The molecule has 1 aliphatic rings. The van der Waals surface area contributed by atoms with Crippen molar-refractivity contribution >= 4 is 22.6 Å². The van der Waals surface area contributed by atoms with Crippen molar-refractivity contribution in [2.75, 3.05) is 18.4 Å². The van der Waals surface area contributed by atoms with Crippen molar-refractivity contribution in [3.8, 4) is 0 Å². The van der Waals surface area contributed by atoms with E-state index in [4.69, 9.17) is 4.42 Å². The summed E-state index contributed by atoms with van der Waals surface area (Å²) in [6, 6.07) is 7.59. The molecule has 1 aromatic carbocycles. The van der Waals surface area contributed by atoms with Crippen LogP contribution in [0.4, 0.5) is 5.69 Å². The molecule has 1 amide bonds. The zero-order valence-corrected chi connectivity index (χ0v) is 10.1. The standard InChI is InChI=1S/C14H16N2O2/c17-14(11-2-1-6-15-9-11)16-12-3-4-13-10(8-12)5-7-18-13/h3-5,7-8,11,15H,1-2,6,9H2,(H,16,17). The van der Waals surface area contributed by atoms with Gasteiger partial charge in [0.05, 0.1) is 12.2 Å². The molecule has 0 aliphatic carbocycles. The van der Waals surface area contributed by atoms with Gasteiger partial charge in [0.15, 0.2) is 0 Å². The van der Waals surface area contributed by atoms with E-state index in [1.807, 2.05) is 24.3 Å². The Hall–Kier alpha value is -1.81. The monoisotopic (exact) mass is 244 g/mol. The Morgan fingerprint density at radius 1 is 1.39 bits per heavy atom. The van der Waals surface area contributed by atoms with Gasteiger partial charge in [0.1, 0.15) is 5.58 Å². The molecule has 1 saturated heterocycles. The molecule has 0 radical (unpaired) electrons. The predicted octanol–water partition coefficient (Wildman–Crippen LogP) is 2.37. The number of carbonyl (C=O) groups excluding carboxylic acids is 1. The van der Waals surface area contributed by atoms with Crippen LogP contribution in [0.2, 0.25) is 0 Å². The van der Waals surface area contributed by atoms with Crippen molar-refractivity contribution in [2.24, 2.45) is 5.92 Å². The van der Waals surface area contributed by atoms with Crippen molar-refractivity contribution in [2.45, 2.75) is 12.8 Å². The van der Waals surface area contributed by atoms with Crippen LogP contribution in [-0.2, 0) is 4.79 Å². The number of hydrogen-bond acceptors (Lipinski definition) is 3. The van der Waals surface area contributed by atoms with E-state index in [1.165, 1.54) is 0 Å². The van der Waals surface area contributed by atoms with Crippen LogP contribution in [-0.4, -0.2) is 19.0 Å². The molecule has 2 heterocycles. The van der Waals surface area contributed by atoms with Gasteiger partial charge in [-0.25, -0.2) is 0 Å². The fourth-order valence-corrected chi connectivity index (χ4v) is 2.36. The van der Waals surface area contributed by atoms with Crippen LogP contribution in [0.1, 0.15) is 12.8 Å². The van der Waals surface area contributed by atoms with E-state index < -0.39 is 0 Å². The minimum atomic E-state index is 0.0822. The summed E-state index contributed by atoms with van der Waals surface area (Å²) in [5, 5.41) is 7.23. The van der Waals surface area contributed by atoms with Gasteiger partial charge in [-0.3, -0.25) is 4.79 Å². The summed E-state index contributed by atoms with van der Waals surface area (Å²) in [7, 11) is 0. The highest BCUT2D eigenvalue weighted by Gasteiger charge is 2.20. The average Bonchev–Trinajstić information content (AvgIpc) is 2.87. The van der Waals surface area contributed by atoms with Gasteiger partial charge in [-0.2, -0.15) is 0 Å². The fourth-order valence-electron chi connectivity index (χ4n) is 2.36. The van der Waals surface area contributed by atoms with Crippen LogP contribution in [0, 0.1) is 5.92 Å². The third-order valence-electron chi connectivity index (χ3n) is 3.39. The van der Waals surface area contributed by atoms with Gasteiger partial charge in [-0.1, -0.05) is 0 Å². The number of hydrogen-bond donors (Lipinski definition) is 2. The van der Waals surface area contributed by atoms with E-state index in [9.17, 15) is 4.79 Å². The highest BCUT2D eigenvalue weighted by Crippen LogP contribution is 2.21. The molecule has 3 rings (SSSR count). The molecule has 0 bridgehead atoms. The molecule has 18 heavy (non-hydrogen) atoms. The van der Waals surface area contributed by atoms with Crippen LogP contribution in [0.15, 0.2) is 34.9 Å². The smallest absolute Gasteiger partial charge is 0.228 e. The minimum Gasteiger partial charge on any atom is -0.464 e. The number of benzene rings is 1. The Kier molecular flexibility index (Phi) is 3.02. The van der Waals surface area contributed by atoms with Gasteiger partial charge in [-0.05, 0) is 43.7 Å². The summed E-state index contributed by atoms with van der Waals surface area (Å²) in [6.07, 6.45) is 3.69. The molecule has 2 N–H and O–H groups in total. The lowest BCUT2D eigenvalue weighted by Crippen LogP contribution is -2.37. The van der Waals surface area contributed by atoms with Crippen molar-refractivity contribution < 1.29 is 9.21 Å². The molecule has 1 atom stereocenters.